The summed E-state index contributed by atoms with van der Waals surface area (Å²) in [4.78, 5) is 16.4. The molecule has 0 atom stereocenters. The molecule has 0 spiro atoms. The first-order valence-corrected chi connectivity index (χ1v) is 7.23. The maximum atomic E-state index is 12.1. The Hall–Kier alpha value is -1.69. The summed E-state index contributed by atoms with van der Waals surface area (Å²) in [5.74, 6) is -0.203. The monoisotopic (exact) mass is 336 g/mol. The van der Waals surface area contributed by atoms with E-state index in [0.717, 1.165) is 23.4 Å². The van der Waals surface area contributed by atoms with Gasteiger partial charge in [0.25, 0.3) is 5.91 Å². The van der Waals surface area contributed by atoms with Crippen LogP contribution in [0.15, 0.2) is 22.9 Å². The number of amides is 1. The third-order valence-electron chi connectivity index (χ3n) is 3.00. The number of carbonyl (C=O) groups is 1. The van der Waals surface area contributed by atoms with Crippen LogP contribution in [0.5, 0.6) is 0 Å². The van der Waals surface area contributed by atoms with Crippen molar-refractivity contribution >= 4 is 21.8 Å². The fourth-order valence-electron chi connectivity index (χ4n) is 1.89. The van der Waals surface area contributed by atoms with Gasteiger partial charge in [0.05, 0.1) is 16.7 Å². The molecule has 0 aliphatic heterocycles. The minimum Gasteiger partial charge on any atom is -0.345 e. The number of hydrogen-bond donors (Lipinski definition) is 1. The number of nitrogens with zero attached hydrogens (tertiary/aromatic N) is 3. The second kappa shape index (κ2) is 6.17. The van der Waals surface area contributed by atoms with Gasteiger partial charge in [0.15, 0.2) is 5.69 Å². The van der Waals surface area contributed by atoms with Crippen LogP contribution >= 0.6 is 15.9 Å². The molecular weight excluding hydrogens is 320 g/mol. The van der Waals surface area contributed by atoms with Crippen LogP contribution in [-0.4, -0.2) is 20.7 Å². The van der Waals surface area contributed by atoms with E-state index >= 15 is 0 Å². The molecule has 0 bridgehead atoms. The smallest absolute Gasteiger partial charge is 0.273 e. The topological polar surface area (TPSA) is 59.8 Å². The summed E-state index contributed by atoms with van der Waals surface area (Å²) in [5.41, 5.74) is 3.46. The van der Waals surface area contributed by atoms with Gasteiger partial charge in [-0.25, -0.2) is 0 Å². The van der Waals surface area contributed by atoms with Gasteiger partial charge >= 0.3 is 0 Å². The molecule has 5 nitrogen and oxygen atoms in total. The van der Waals surface area contributed by atoms with Crippen molar-refractivity contribution in [3.63, 3.8) is 0 Å². The van der Waals surface area contributed by atoms with Gasteiger partial charge in [0.1, 0.15) is 0 Å². The van der Waals surface area contributed by atoms with Crippen molar-refractivity contribution in [2.75, 3.05) is 0 Å². The highest BCUT2D eigenvalue weighted by atomic mass is 79.9. The molecule has 2 rings (SSSR count). The van der Waals surface area contributed by atoms with Crippen LogP contribution in [0, 0.1) is 13.8 Å². The second-order valence-corrected chi connectivity index (χ2v) is 5.49. The van der Waals surface area contributed by atoms with Gasteiger partial charge in [0, 0.05) is 18.9 Å². The summed E-state index contributed by atoms with van der Waals surface area (Å²) in [5, 5.41) is 7.06. The van der Waals surface area contributed by atoms with Crippen LogP contribution < -0.4 is 5.32 Å². The fraction of sp³-hybridized carbons (Fsp3) is 0.357. The van der Waals surface area contributed by atoms with Gasteiger partial charge in [-0.1, -0.05) is 6.07 Å². The lowest BCUT2D eigenvalue weighted by Crippen LogP contribution is -2.24. The van der Waals surface area contributed by atoms with E-state index in [1.54, 1.807) is 17.1 Å². The largest absolute Gasteiger partial charge is 0.345 e. The Labute approximate surface area is 126 Å². The lowest BCUT2D eigenvalue weighted by molar-refractivity contribution is 0.0944. The number of halogens is 1. The first-order valence-electron chi connectivity index (χ1n) is 6.44. The van der Waals surface area contributed by atoms with Crippen LogP contribution in [0.25, 0.3) is 0 Å². The molecule has 0 aromatic carbocycles. The van der Waals surface area contributed by atoms with E-state index in [-0.39, 0.29) is 5.91 Å². The molecule has 0 saturated carbocycles. The molecule has 0 unspecified atom stereocenters. The zero-order valence-electron chi connectivity index (χ0n) is 11.8. The molecule has 0 saturated heterocycles. The summed E-state index contributed by atoms with van der Waals surface area (Å²) in [6.45, 7) is 7.08. The minimum absolute atomic E-state index is 0.203. The molecule has 0 fully saturated rings. The second-order valence-electron chi connectivity index (χ2n) is 4.64. The maximum Gasteiger partial charge on any atom is 0.273 e. The number of carbonyl (C=O) groups excluding carboxylic acids is 1. The quantitative estimate of drug-likeness (QED) is 0.933. The number of hydrogen-bond acceptors (Lipinski definition) is 3. The van der Waals surface area contributed by atoms with Gasteiger partial charge < -0.3 is 5.32 Å². The number of aromatic nitrogens is 3. The van der Waals surface area contributed by atoms with E-state index in [1.807, 2.05) is 20.8 Å². The molecule has 106 valence electrons. The van der Waals surface area contributed by atoms with Gasteiger partial charge in [-0.05, 0) is 47.8 Å². The zero-order valence-corrected chi connectivity index (χ0v) is 13.4. The van der Waals surface area contributed by atoms with Crippen molar-refractivity contribution in [2.24, 2.45) is 0 Å². The van der Waals surface area contributed by atoms with Crippen molar-refractivity contribution in [3.8, 4) is 0 Å². The molecular formula is C14H17BrN4O. The van der Waals surface area contributed by atoms with Crippen LogP contribution in [-0.2, 0) is 13.1 Å². The lowest BCUT2D eigenvalue weighted by Gasteiger charge is -2.07. The first-order chi connectivity index (χ1) is 9.51. The van der Waals surface area contributed by atoms with Crippen LogP contribution in [0.3, 0.4) is 0 Å². The van der Waals surface area contributed by atoms with Gasteiger partial charge in [0.2, 0.25) is 0 Å². The van der Waals surface area contributed by atoms with Gasteiger partial charge in [-0.15, -0.1) is 0 Å². The first kappa shape index (κ1) is 14.7. The molecule has 0 aliphatic rings. The molecule has 1 N–H and O–H groups in total. The molecule has 20 heavy (non-hydrogen) atoms. The van der Waals surface area contributed by atoms with Crippen LogP contribution in [0.1, 0.15) is 34.2 Å². The van der Waals surface area contributed by atoms with E-state index < -0.39 is 0 Å². The normalized spacial score (nSPS) is 10.6. The highest BCUT2D eigenvalue weighted by molar-refractivity contribution is 9.10. The summed E-state index contributed by atoms with van der Waals surface area (Å²) in [7, 11) is 0. The van der Waals surface area contributed by atoms with Gasteiger partial charge in [-0.3, -0.25) is 14.5 Å². The number of nitrogens with one attached hydrogen (secondary N) is 1. The SMILES string of the molecule is CCn1cc(Br)c(C(=O)NCc2ncc(C)cc2C)n1. The van der Waals surface area contributed by atoms with Crippen molar-refractivity contribution in [1.82, 2.24) is 20.1 Å². The van der Waals surface area contributed by atoms with Crippen molar-refractivity contribution in [2.45, 2.75) is 33.9 Å². The van der Waals surface area contributed by atoms with Gasteiger partial charge in [-0.2, -0.15) is 5.10 Å². The Morgan fingerprint density at radius 1 is 1.45 bits per heavy atom. The Morgan fingerprint density at radius 2 is 2.20 bits per heavy atom. The number of rotatable bonds is 4. The van der Waals surface area contributed by atoms with Crippen LogP contribution in [0.4, 0.5) is 0 Å². The molecule has 0 aliphatic carbocycles. The van der Waals surface area contributed by atoms with E-state index in [0.29, 0.717) is 16.7 Å². The lowest BCUT2D eigenvalue weighted by atomic mass is 10.1. The summed E-state index contributed by atoms with van der Waals surface area (Å²) < 4.78 is 2.42. The molecule has 1 amide bonds. The van der Waals surface area contributed by atoms with E-state index in [9.17, 15) is 4.79 Å². The predicted molar refractivity (Wildman–Crippen MR) is 80.5 cm³/mol. The molecule has 0 radical (unpaired) electrons. The molecule has 2 aromatic rings. The predicted octanol–water partition coefficient (Wildman–Crippen LogP) is 2.61. The van der Waals surface area contributed by atoms with E-state index in [1.165, 1.54) is 0 Å². The Kier molecular flexibility index (Phi) is 4.54. The zero-order chi connectivity index (χ0) is 14.7. The van der Waals surface area contributed by atoms with Crippen LogP contribution in [0.2, 0.25) is 0 Å². The van der Waals surface area contributed by atoms with E-state index in [2.05, 4.69) is 37.4 Å². The summed E-state index contributed by atoms with van der Waals surface area (Å²) in [6.07, 6.45) is 3.60. The highest BCUT2D eigenvalue weighted by Gasteiger charge is 2.15. The highest BCUT2D eigenvalue weighted by Crippen LogP contribution is 2.15. The average molecular weight is 337 g/mol. The Morgan fingerprint density at radius 3 is 2.80 bits per heavy atom. The molecule has 2 heterocycles. The third kappa shape index (κ3) is 3.25. The summed E-state index contributed by atoms with van der Waals surface area (Å²) >= 11 is 3.35. The third-order valence-corrected chi connectivity index (χ3v) is 3.58. The van der Waals surface area contributed by atoms with Crippen molar-refractivity contribution in [1.29, 1.82) is 0 Å². The number of pyridine rings is 1. The van der Waals surface area contributed by atoms with Crippen molar-refractivity contribution < 1.29 is 4.79 Å². The Balaban J connectivity index is 2.06. The summed E-state index contributed by atoms with van der Waals surface area (Å²) in [6, 6.07) is 2.05. The van der Waals surface area contributed by atoms with E-state index in [4.69, 9.17) is 0 Å². The van der Waals surface area contributed by atoms with Crippen molar-refractivity contribution in [3.05, 3.63) is 45.4 Å². The average Bonchev–Trinajstić information content (AvgIpc) is 2.79. The number of aryl methyl sites for hydroxylation is 3. The minimum atomic E-state index is -0.203. The fourth-order valence-corrected chi connectivity index (χ4v) is 2.39. The molecule has 2 aromatic heterocycles. The molecule has 6 heteroatoms. The maximum absolute atomic E-state index is 12.1. The standard InChI is InChI=1S/C14H17BrN4O/c1-4-19-8-11(15)13(18-19)14(20)17-7-12-10(3)5-9(2)6-16-12/h5-6,8H,4,7H2,1-3H3,(H,17,20). The Bertz CT molecular complexity index is 636.